The van der Waals surface area contributed by atoms with Gasteiger partial charge in [-0.2, -0.15) is 5.10 Å². The summed E-state index contributed by atoms with van der Waals surface area (Å²) in [4.78, 5) is 34.0. The highest BCUT2D eigenvalue weighted by Gasteiger charge is 2.59. The molecule has 156 valence electrons. The predicted molar refractivity (Wildman–Crippen MR) is 108 cm³/mol. The molecular formula is C22H26N6O2. The number of rotatable bonds is 5. The molecule has 2 amide bonds. The summed E-state index contributed by atoms with van der Waals surface area (Å²) in [5.41, 5.74) is 1.35. The summed E-state index contributed by atoms with van der Waals surface area (Å²) in [6.45, 7) is 0. The van der Waals surface area contributed by atoms with Gasteiger partial charge in [0.1, 0.15) is 11.4 Å². The number of aromatic amines is 1. The van der Waals surface area contributed by atoms with Crippen LogP contribution in [0.2, 0.25) is 0 Å². The van der Waals surface area contributed by atoms with E-state index in [2.05, 4.69) is 30.8 Å². The summed E-state index contributed by atoms with van der Waals surface area (Å²) in [6, 6.07) is 1.90. The summed E-state index contributed by atoms with van der Waals surface area (Å²) < 4.78 is 0. The van der Waals surface area contributed by atoms with Gasteiger partial charge < -0.3 is 10.6 Å². The van der Waals surface area contributed by atoms with Gasteiger partial charge in [0, 0.05) is 29.4 Å². The van der Waals surface area contributed by atoms with Crippen LogP contribution in [0.5, 0.6) is 0 Å². The van der Waals surface area contributed by atoms with E-state index in [4.69, 9.17) is 0 Å². The molecule has 5 fully saturated rings. The summed E-state index contributed by atoms with van der Waals surface area (Å²) in [5.74, 6) is 1.32. The minimum absolute atomic E-state index is 0.0771. The van der Waals surface area contributed by atoms with Crippen molar-refractivity contribution in [1.29, 1.82) is 0 Å². The summed E-state index contributed by atoms with van der Waals surface area (Å²) in [5, 5.41) is 13.9. The van der Waals surface area contributed by atoms with Crippen LogP contribution in [0.3, 0.4) is 0 Å². The smallest absolute Gasteiger partial charge is 0.271 e. The lowest BCUT2D eigenvalue weighted by atomic mass is 9.49. The van der Waals surface area contributed by atoms with Gasteiger partial charge in [-0.05, 0) is 69.3 Å². The van der Waals surface area contributed by atoms with E-state index in [0.717, 1.165) is 50.6 Å². The molecule has 8 heteroatoms. The Labute approximate surface area is 174 Å². The molecule has 30 heavy (non-hydrogen) atoms. The fourth-order valence-corrected chi connectivity index (χ4v) is 6.63. The summed E-state index contributed by atoms with van der Waals surface area (Å²) in [7, 11) is 0. The minimum Gasteiger partial charge on any atom is -0.345 e. The molecule has 2 heterocycles. The molecule has 2 aromatic rings. The first-order chi connectivity index (χ1) is 14.5. The maximum atomic E-state index is 13.0. The van der Waals surface area contributed by atoms with E-state index in [1.165, 1.54) is 18.8 Å². The van der Waals surface area contributed by atoms with Crippen molar-refractivity contribution in [2.75, 3.05) is 0 Å². The number of H-pyrrole nitrogens is 1. The molecule has 0 radical (unpaired) electrons. The molecule has 0 aliphatic heterocycles. The second kappa shape index (κ2) is 6.36. The lowest BCUT2D eigenvalue weighted by molar-refractivity contribution is -0.0449. The zero-order chi connectivity index (χ0) is 20.3. The number of carbonyl (C=O) groups excluding carboxylic acids is 2. The maximum Gasteiger partial charge on any atom is 0.271 e. The van der Waals surface area contributed by atoms with E-state index in [0.29, 0.717) is 29.1 Å². The first-order valence-electron chi connectivity index (χ1n) is 11.0. The molecule has 5 aliphatic rings. The summed E-state index contributed by atoms with van der Waals surface area (Å²) >= 11 is 0. The first kappa shape index (κ1) is 18.0. The lowest BCUT2D eigenvalue weighted by Crippen LogP contribution is -2.69. The third-order valence-electron chi connectivity index (χ3n) is 7.45. The van der Waals surface area contributed by atoms with Gasteiger partial charge in [-0.25, -0.2) is 4.98 Å². The van der Waals surface area contributed by atoms with Crippen LogP contribution in [0.1, 0.15) is 84.0 Å². The van der Waals surface area contributed by atoms with Crippen molar-refractivity contribution in [3.8, 4) is 0 Å². The molecular weight excluding hydrogens is 380 g/mol. The molecule has 0 aromatic carbocycles. The van der Waals surface area contributed by atoms with Gasteiger partial charge in [0.25, 0.3) is 11.8 Å². The Morgan fingerprint density at radius 2 is 1.70 bits per heavy atom. The van der Waals surface area contributed by atoms with Gasteiger partial charge in [-0.15, -0.1) is 0 Å². The van der Waals surface area contributed by atoms with Gasteiger partial charge in [-0.1, -0.05) is 0 Å². The van der Waals surface area contributed by atoms with Gasteiger partial charge in [0.05, 0.1) is 11.9 Å². The topological polar surface area (TPSA) is 113 Å². The van der Waals surface area contributed by atoms with Crippen LogP contribution in [0.4, 0.5) is 0 Å². The Morgan fingerprint density at radius 1 is 1.00 bits per heavy atom. The minimum atomic E-state index is -0.279. The Hall–Kier alpha value is -2.77. The second-order valence-electron chi connectivity index (χ2n) is 10.0. The fourth-order valence-electron chi connectivity index (χ4n) is 6.63. The molecule has 0 spiro atoms. The van der Waals surface area contributed by atoms with Crippen molar-refractivity contribution in [3.05, 3.63) is 41.7 Å². The van der Waals surface area contributed by atoms with E-state index >= 15 is 0 Å². The highest BCUT2D eigenvalue weighted by Crippen LogP contribution is 2.57. The van der Waals surface area contributed by atoms with Crippen LogP contribution < -0.4 is 10.6 Å². The Kier molecular flexibility index (Phi) is 3.82. The normalized spacial score (nSPS) is 34.0. The van der Waals surface area contributed by atoms with E-state index in [-0.39, 0.29) is 22.9 Å². The van der Waals surface area contributed by atoms with Crippen molar-refractivity contribution in [1.82, 2.24) is 30.8 Å². The Bertz CT molecular complexity index is 984. The number of hydrogen-bond acceptors (Lipinski definition) is 5. The highest BCUT2D eigenvalue weighted by molar-refractivity contribution is 5.93. The molecule has 5 aliphatic carbocycles. The average Bonchev–Trinajstić information content (AvgIpc) is 3.43. The highest BCUT2D eigenvalue weighted by atomic mass is 16.2. The molecule has 8 nitrogen and oxygen atoms in total. The van der Waals surface area contributed by atoms with Gasteiger partial charge in [0.15, 0.2) is 0 Å². The van der Waals surface area contributed by atoms with Gasteiger partial charge >= 0.3 is 0 Å². The number of nitrogens with zero attached hydrogens (tertiary/aromatic N) is 3. The third-order valence-corrected chi connectivity index (χ3v) is 7.45. The van der Waals surface area contributed by atoms with Crippen molar-refractivity contribution in [2.24, 2.45) is 11.8 Å². The van der Waals surface area contributed by atoms with E-state index < -0.39 is 0 Å². The first-order valence-corrected chi connectivity index (χ1v) is 11.0. The molecule has 3 N–H and O–H groups in total. The monoisotopic (exact) mass is 406 g/mol. The summed E-state index contributed by atoms with van der Waals surface area (Å²) in [6.07, 6.45) is 12.8. The molecule has 5 saturated carbocycles. The average molecular weight is 406 g/mol. The lowest BCUT2D eigenvalue weighted by Gasteiger charge is -2.62. The second-order valence-corrected chi connectivity index (χ2v) is 10.0. The predicted octanol–water partition coefficient (Wildman–Crippen LogP) is 2.33. The van der Waals surface area contributed by atoms with Crippen molar-refractivity contribution < 1.29 is 9.59 Å². The van der Waals surface area contributed by atoms with Gasteiger partial charge in [-0.3, -0.25) is 19.7 Å². The quantitative estimate of drug-likeness (QED) is 0.705. The Balaban J connectivity index is 1.22. The van der Waals surface area contributed by atoms with Crippen LogP contribution in [0.15, 0.2) is 24.7 Å². The van der Waals surface area contributed by atoms with Crippen molar-refractivity contribution in [3.63, 3.8) is 0 Å². The zero-order valence-corrected chi connectivity index (χ0v) is 16.9. The fraction of sp³-hybridized carbons (Fsp3) is 0.591. The number of nitrogens with one attached hydrogen (secondary N) is 3. The van der Waals surface area contributed by atoms with Crippen molar-refractivity contribution >= 4 is 11.8 Å². The third kappa shape index (κ3) is 3.09. The number of amides is 2. The zero-order valence-electron chi connectivity index (χ0n) is 16.9. The van der Waals surface area contributed by atoms with E-state index in [9.17, 15) is 9.59 Å². The molecule has 7 rings (SSSR count). The SMILES string of the molecule is O=C(NC12CC3CC(C1)CC(NC(=O)c1cc(C4CC4)n[nH]1)(C3)C2)c1cnccn1. The molecule has 2 aromatic heterocycles. The Morgan fingerprint density at radius 3 is 2.33 bits per heavy atom. The molecule has 2 unspecified atom stereocenters. The van der Waals surface area contributed by atoms with Crippen LogP contribution in [-0.4, -0.2) is 43.1 Å². The number of carbonyl (C=O) groups is 2. The van der Waals surface area contributed by atoms with Crippen LogP contribution in [0.25, 0.3) is 0 Å². The molecule has 4 bridgehead atoms. The van der Waals surface area contributed by atoms with Crippen LogP contribution >= 0.6 is 0 Å². The van der Waals surface area contributed by atoms with E-state index in [1.54, 1.807) is 6.20 Å². The molecule has 0 saturated heterocycles. The number of hydrogen-bond donors (Lipinski definition) is 3. The van der Waals surface area contributed by atoms with Crippen molar-refractivity contribution in [2.45, 2.75) is 68.4 Å². The van der Waals surface area contributed by atoms with Crippen LogP contribution in [-0.2, 0) is 0 Å². The van der Waals surface area contributed by atoms with Gasteiger partial charge in [0.2, 0.25) is 0 Å². The molecule has 2 atom stereocenters. The van der Waals surface area contributed by atoms with E-state index in [1.807, 2.05) is 6.07 Å². The maximum absolute atomic E-state index is 13.0. The van der Waals surface area contributed by atoms with Crippen LogP contribution in [0, 0.1) is 11.8 Å². The number of aromatic nitrogens is 4. The largest absolute Gasteiger partial charge is 0.345 e. The standard InChI is InChI=1S/C22H26N6O2/c29-19(17-6-16(27-28-17)15-1-2-15)25-21-7-13-5-14(8-21)10-22(9-13,12-21)26-20(30)18-11-23-3-4-24-18/h3-4,6,11,13-15H,1-2,5,7-10,12H2,(H,25,29)(H,26,30)(H,27,28).